The van der Waals surface area contributed by atoms with Crippen LogP contribution < -0.4 is 4.74 Å². The number of carbonyl (C=O) groups is 2. The average molecular weight is 429 g/mol. The summed E-state index contributed by atoms with van der Waals surface area (Å²) in [5.74, 6) is -0.262. The van der Waals surface area contributed by atoms with Crippen LogP contribution in [0.2, 0.25) is 0 Å². The number of rotatable bonds is 7. The van der Waals surface area contributed by atoms with E-state index in [0.29, 0.717) is 19.7 Å². The van der Waals surface area contributed by atoms with Crippen LogP contribution in [-0.2, 0) is 16.1 Å². The van der Waals surface area contributed by atoms with Crippen LogP contribution in [0.15, 0.2) is 48.5 Å². The van der Waals surface area contributed by atoms with Crippen LogP contribution in [0.1, 0.15) is 29.8 Å². The van der Waals surface area contributed by atoms with Crippen LogP contribution in [-0.4, -0.2) is 61.0 Å². The minimum atomic E-state index is -0.600. The monoisotopic (exact) mass is 428 g/mol. The Balaban J connectivity index is 1.79. The van der Waals surface area contributed by atoms with Crippen molar-refractivity contribution < 1.29 is 23.5 Å². The molecule has 0 bridgehead atoms. The maximum absolute atomic E-state index is 14.2. The molecule has 7 heteroatoms. The lowest BCUT2D eigenvalue weighted by atomic mass is 10.1. The molecule has 1 aliphatic heterocycles. The number of benzene rings is 2. The van der Waals surface area contributed by atoms with E-state index in [1.165, 1.54) is 23.1 Å². The molecule has 0 aliphatic carbocycles. The Labute approximate surface area is 182 Å². The molecular formula is C24H29FN2O4. The Kier molecular flexibility index (Phi) is 7.63. The Bertz CT molecular complexity index is 918. The zero-order valence-electron chi connectivity index (χ0n) is 18.2. The molecule has 1 atom stereocenters. The molecule has 1 fully saturated rings. The first-order chi connectivity index (χ1) is 14.9. The molecule has 1 heterocycles. The topological polar surface area (TPSA) is 59.1 Å². The van der Waals surface area contributed by atoms with Gasteiger partial charge >= 0.3 is 0 Å². The van der Waals surface area contributed by atoms with E-state index in [1.54, 1.807) is 18.1 Å². The summed E-state index contributed by atoms with van der Waals surface area (Å²) in [6, 6.07) is 13.4. The summed E-state index contributed by atoms with van der Waals surface area (Å²) in [5, 5.41) is 0. The first-order valence-electron chi connectivity index (χ1n) is 10.4. The predicted octanol–water partition coefficient (Wildman–Crippen LogP) is 3.36. The van der Waals surface area contributed by atoms with E-state index >= 15 is 0 Å². The van der Waals surface area contributed by atoms with Crippen molar-refractivity contribution in [3.05, 3.63) is 65.5 Å². The van der Waals surface area contributed by atoms with E-state index in [0.717, 1.165) is 11.3 Å². The summed E-state index contributed by atoms with van der Waals surface area (Å²) in [7, 11) is 1.60. The highest BCUT2D eigenvalue weighted by Crippen LogP contribution is 2.18. The lowest BCUT2D eigenvalue weighted by molar-refractivity contribution is -0.132. The number of amides is 2. The number of hydrogen-bond donors (Lipinski definition) is 0. The third-order valence-corrected chi connectivity index (χ3v) is 5.12. The van der Waals surface area contributed by atoms with Gasteiger partial charge in [-0.25, -0.2) is 4.39 Å². The summed E-state index contributed by atoms with van der Waals surface area (Å²) in [6.45, 7) is 5.43. The summed E-state index contributed by atoms with van der Waals surface area (Å²) in [4.78, 5) is 29.0. The van der Waals surface area contributed by atoms with Crippen molar-refractivity contribution in [2.75, 3.05) is 33.3 Å². The van der Waals surface area contributed by atoms with Gasteiger partial charge in [-0.15, -0.1) is 0 Å². The molecule has 1 saturated heterocycles. The number of ether oxygens (including phenoxy) is 2. The molecule has 0 aromatic heterocycles. The fraction of sp³-hybridized carbons (Fsp3) is 0.417. The van der Waals surface area contributed by atoms with Gasteiger partial charge in [0.2, 0.25) is 5.91 Å². The number of methoxy groups -OCH3 is 1. The molecular weight excluding hydrogens is 399 g/mol. The van der Waals surface area contributed by atoms with E-state index in [9.17, 15) is 14.0 Å². The molecule has 2 aromatic rings. The molecule has 2 aromatic carbocycles. The maximum Gasteiger partial charge on any atom is 0.257 e. The molecule has 0 spiro atoms. The summed E-state index contributed by atoms with van der Waals surface area (Å²) >= 11 is 0. The Hall–Kier alpha value is -2.93. The zero-order valence-corrected chi connectivity index (χ0v) is 18.2. The van der Waals surface area contributed by atoms with Crippen LogP contribution in [0.25, 0.3) is 0 Å². The zero-order chi connectivity index (χ0) is 22.4. The molecule has 166 valence electrons. The number of hydrogen-bond acceptors (Lipinski definition) is 4. The standard InChI is InChI=1S/C24H29FN2O4/c1-17(2)12-26-13-20(31-16-18-7-6-8-19(11-18)30-3)14-27(15-23(26)28)24(29)21-9-4-5-10-22(21)25/h4-11,17,20H,12-16H2,1-3H3/t20-/m0/s1. The van der Waals surface area contributed by atoms with Crippen molar-refractivity contribution in [3.63, 3.8) is 0 Å². The highest BCUT2D eigenvalue weighted by molar-refractivity contribution is 5.97. The number of halogens is 1. The van der Waals surface area contributed by atoms with Gasteiger partial charge < -0.3 is 19.3 Å². The second-order valence-electron chi connectivity index (χ2n) is 8.14. The summed E-state index contributed by atoms with van der Waals surface area (Å²) in [5.41, 5.74) is 0.886. The van der Waals surface area contributed by atoms with Crippen molar-refractivity contribution in [2.24, 2.45) is 5.92 Å². The van der Waals surface area contributed by atoms with Gasteiger partial charge in [0, 0.05) is 19.6 Å². The molecule has 1 aliphatic rings. The predicted molar refractivity (Wildman–Crippen MR) is 115 cm³/mol. The van der Waals surface area contributed by atoms with Crippen molar-refractivity contribution in [3.8, 4) is 5.75 Å². The number of carbonyl (C=O) groups excluding carboxylic acids is 2. The van der Waals surface area contributed by atoms with Crippen LogP contribution >= 0.6 is 0 Å². The first kappa shape index (κ1) is 22.7. The minimum absolute atomic E-state index is 0.0424. The molecule has 0 unspecified atom stereocenters. The van der Waals surface area contributed by atoms with Gasteiger partial charge in [-0.05, 0) is 35.7 Å². The lowest BCUT2D eigenvalue weighted by Crippen LogP contribution is -2.40. The second-order valence-corrected chi connectivity index (χ2v) is 8.14. The van der Waals surface area contributed by atoms with E-state index in [-0.39, 0.29) is 30.5 Å². The fourth-order valence-electron chi connectivity index (χ4n) is 3.64. The van der Waals surface area contributed by atoms with E-state index < -0.39 is 17.8 Å². The van der Waals surface area contributed by atoms with Crippen molar-refractivity contribution in [1.82, 2.24) is 9.80 Å². The van der Waals surface area contributed by atoms with Gasteiger partial charge in [0.25, 0.3) is 5.91 Å². The van der Waals surface area contributed by atoms with Gasteiger partial charge in [0.1, 0.15) is 18.1 Å². The van der Waals surface area contributed by atoms with Gasteiger partial charge in [-0.2, -0.15) is 0 Å². The average Bonchev–Trinajstić information content (AvgIpc) is 2.90. The molecule has 31 heavy (non-hydrogen) atoms. The van der Waals surface area contributed by atoms with E-state index in [1.807, 2.05) is 38.1 Å². The SMILES string of the molecule is COc1cccc(CO[C@H]2CN(CC(C)C)C(=O)CN(C(=O)c3ccccc3F)C2)c1. The second kappa shape index (κ2) is 10.4. The Morgan fingerprint density at radius 2 is 1.94 bits per heavy atom. The van der Waals surface area contributed by atoms with Crippen molar-refractivity contribution in [2.45, 2.75) is 26.6 Å². The highest BCUT2D eigenvalue weighted by Gasteiger charge is 2.32. The fourth-order valence-corrected chi connectivity index (χ4v) is 3.64. The van der Waals surface area contributed by atoms with Crippen LogP contribution in [0, 0.1) is 11.7 Å². The third kappa shape index (κ3) is 6.04. The van der Waals surface area contributed by atoms with Gasteiger partial charge in [-0.3, -0.25) is 9.59 Å². The summed E-state index contributed by atoms with van der Waals surface area (Å²) < 4.78 is 25.6. The smallest absolute Gasteiger partial charge is 0.257 e. The van der Waals surface area contributed by atoms with Crippen molar-refractivity contribution in [1.29, 1.82) is 0 Å². The minimum Gasteiger partial charge on any atom is -0.497 e. The maximum atomic E-state index is 14.2. The lowest BCUT2D eigenvalue weighted by Gasteiger charge is -2.26. The van der Waals surface area contributed by atoms with Crippen LogP contribution in [0.4, 0.5) is 4.39 Å². The first-order valence-corrected chi connectivity index (χ1v) is 10.4. The van der Waals surface area contributed by atoms with E-state index in [4.69, 9.17) is 9.47 Å². The van der Waals surface area contributed by atoms with E-state index in [2.05, 4.69) is 0 Å². The molecule has 0 radical (unpaired) electrons. The summed E-state index contributed by atoms with van der Waals surface area (Å²) in [6.07, 6.45) is -0.396. The van der Waals surface area contributed by atoms with Gasteiger partial charge in [0.15, 0.2) is 0 Å². The Morgan fingerprint density at radius 3 is 2.65 bits per heavy atom. The van der Waals surface area contributed by atoms with Crippen LogP contribution in [0.5, 0.6) is 5.75 Å². The van der Waals surface area contributed by atoms with Crippen molar-refractivity contribution >= 4 is 11.8 Å². The molecule has 2 amide bonds. The molecule has 3 rings (SSSR count). The normalized spacial score (nSPS) is 17.1. The third-order valence-electron chi connectivity index (χ3n) is 5.12. The molecule has 6 nitrogen and oxygen atoms in total. The molecule has 0 saturated carbocycles. The highest BCUT2D eigenvalue weighted by atomic mass is 19.1. The molecule has 0 N–H and O–H groups in total. The van der Waals surface area contributed by atoms with Gasteiger partial charge in [0.05, 0.1) is 25.4 Å². The Morgan fingerprint density at radius 1 is 1.16 bits per heavy atom. The van der Waals surface area contributed by atoms with Crippen LogP contribution in [0.3, 0.4) is 0 Å². The largest absolute Gasteiger partial charge is 0.497 e. The van der Waals surface area contributed by atoms with Gasteiger partial charge in [-0.1, -0.05) is 38.1 Å². The number of nitrogens with zero attached hydrogens (tertiary/aromatic N) is 2. The quantitative estimate of drug-likeness (QED) is 0.679.